The van der Waals surface area contributed by atoms with Crippen LogP contribution in [0.3, 0.4) is 0 Å². The van der Waals surface area contributed by atoms with Crippen molar-refractivity contribution in [2.45, 2.75) is 6.18 Å². The highest BCUT2D eigenvalue weighted by Crippen LogP contribution is 2.24. The number of nitrogens with zero attached hydrogens (tertiary/aromatic N) is 2. The molecule has 1 aromatic heterocycles. The molecule has 0 saturated carbocycles. The first-order valence-corrected chi connectivity index (χ1v) is 4.79. The summed E-state index contributed by atoms with van der Waals surface area (Å²) < 4.78 is 37.2. The van der Waals surface area contributed by atoms with Crippen LogP contribution in [0.1, 0.15) is 10.4 Å². The normalized spacial score (nSPS) is 10.6. The number of hydrogen-bond acceptors (Lipinski definition) is 3. The number of carbonyl (C=O) groups excluding carboxylic acids is 1. The third-order valence-corrected chi connectivity index (χ3v) is 2.01. The van der Waals surface area contributed by atoms with Crippen molar-refractivity contribution in [3.63, 3.8) is 0 Å². The first-order valence-electron chi connectivity index (χ1n) is 4.79. The van der Waals surface area contributed by atoms with Gasteiger partial charge < -0.3 is 5.11 Å². The molecule has 0 unspecified atom stereocenters. The molecule has 1 heterocycles. The number of carbonyl (C=O) groups is 2. The molecule has 0 bridgehead atoms. The van der Waals surface area contributed by atoms with Crippen LogP contribution in [-0.4, -0.2) is 34.7 Å². The van der Waals surface area contributed by atoms with Crippen LogP contribution < -0.4 is 4.90 Å². The van der Waals surface area contributed by atoms with Crippen LogP contribution in [0.4, 0.5) is 19.0 Å². The minimum atomic E-state index is -5.18. The molecule has 8 heteroatoms. The molecule has 0 saturated heterocycles. The molecule has 1 amide bonds. The number of rotatable bonds is 3. The van der Waals surface area contributed by atoms with Gasteiger partial charge in [-0.25, -0.2) is 9.78 Å². The van der Waals surface area contributed by atoms with E-state index in [0.29, 0.717) is 0 Å². The molecule has 0 aromatic carbocycles. The Hall–Kier alpha value is -2.56. The van der Waals surface area contributed by atoms with E-state index in [0.717, 1.165) is 12.3 Å². The maximum atomic E-state index is 12.4. The second-order valence-electron chi connectivity index (χ2n) is 3.27. The molecule has 100 valence electrons. The van der Waals surface area contributed by atoms with E-state index in [1.165, 1.54) is 6.07 Å². The van der Waals surface area contributed by atoms with Crippen LogP contribution in [0, 0.1) is 12.3 Å². The Labute approximate surface area is 105 Å². The average molecular weight is 272 g/mol. The van der Waals surface area contributed by atoms with E-state index in [4.69, 9.17) is 11.5 Å². The molecule has 0 atom stereocenters. The van der Waals surface area contributed by atoms with Gasteiger partial charge in [-0.05, 0) is 12.1 Å². The monoisotopic (exact) mass is 272 g/mol. The summed E-state index contributed by atoms with van der Waals surface area (Å²) in [5.74, 6) is -2.57. The number of terminal acetylenes is 1. The maximum absolute atomic E-state index is 12.4. The molecule has 0 spiro atoms. The molecule has 1 N–H and O–H groups in total. The largest absolute Gasteiger partial charge is 0.478 e. The van der Waals surface area contributed by atoms with Crippen LogP contribution in [0.5, 0.6) is 0 Å². The van der Waals surface area contributed by atoms with Crippen LogP contribution >= 0.6 is 0 Å². The standard InChI is InChI=1S/C11H7F3N2O3/c1-2-6-16(10(19)11(12,13)14)8-7(9(17)18)4-3-5-15-8/h1,3-5H,6H2,(H,17,18). The quantitative estimate of drug-likeness (QED) is 0.842. The zero-order chi connectivity index (χ0) is 14.6. The number of aromatic carboxylic acids is 1. The number of hydrogen-bond donors (Lipinski definition) is 1. The van der Waals surface area contributed by atoms with E-state index >= 15 is 0 Å². The van der Waals surface area contributed by atoms with Crippen LogP contribution in [0.15, 0.2) is 18.3 Å². The second-order valence-corrected chi connectivity index (χ2v) is 3.27. The van der Waals surface area contributed by atoms with Gasteiger partial charge in [0, 0.05) is 6.20 Å². The van der Waals surface area contributed by atoms with E-state index in [1.807, 2.05) is 5.92 Å². The van der Waals surface area contributed by atoms with Crippen LogP contribution in [0.2, 0.25) is 0 Å². The number of aromatic nitrogens is 1. The molecule has 0 fully saturated rings. The summed E-state index contributed by atoms with van der Waals surface area (Å²) in [6.45, 7) is -0.740. The van der Waals surface area contributed by atoms with Crippen molar-refractivity contribution in [1.29, 1.82) is 0 Å². The van der Waals surface area contributed by atoms with Gasteiger partial charge >= 0.3 is 18.1 Å². The Balaban J connectivity index is 3.33. The van der Waals surface area contributed by atoms with Gasteiger partial charge in [-0.15, -0.1) is 6.42 Å². The van der Waals surface area contributed by atoms with Crippen molar-refractivity contribution in [2.24, 2.45) is 0 Å². The smallest absolute Gasteiger partial charge is 0.471 e. The van der Waals surface area contributed by atoms with Gasteiger partial charge in [0.15, 0.2) is 5.82 Å². The van der Waals surface area contributed by atoms with E-state index in [1.54, 1.807) is 0 Å². The Morgan fingerprint density at radius 2 is 2.11 bits per heavy atom. The zero-order valence-electron chi connectivity index (χ0n) is 9.31. The van der Waals surface area contributed by atoms with E-state index in [2.05, 4.69) is 4.98 Å². The third kappa shape index (κ3) is 3.22. The Morgan fingerprint density at radius 1 is 1.47 bits per heavy atom. The van der Waals surface area contributed by atoms with Gasteiger partial charge in [0.2, 0.25) is 0 Å². The fourth-order valence-corrected chi connectivity index (χ4v) is 1.27. The van der Waals surface area contributed by atoms with Gasteiger partial charge in [0.1, 0.15) is 5.56 Å². The number of carboxylic acid groups (broad SMARTS) is 1. The fourth-order valence-electron chi connectivity index (χ4n) is 1.27. The average Bonchev–Trinajstić information content (AvgIpc) is 2.34. The number of anilines is 1. The number of alkyl halides is 3. The van der Waals surface area contributed by atoms with Crippen molar-refractivity contribution in [3.8, 4) is 12.3 Å². The van der Waals surface area contributed by atoms with E-state index in [-0.39, 0.29) is 4.90 Å². The van der Waals surface area contributed by atoms with Gasteiger partial charge in [-0.2, -0.15) is 13.2 Å². The van der Waals surface area contributed by atoms with Crippen molar-refractivity contribution in [2.75, 3.05) is 11.4 Å². The van der Waals surface area contributed by atoms with Gasteiger partial charge in [0.25, 0.3) is 0 Å². The Morgan fingerprint density at radius 3 is 2.58 bits per heavy atom. The third-order valence-electron chi connectivity index (χ3n) is 2.01. The minimum Gasteiger partial charge on any atom is -0.478 e. The molecule has 0 aliphatic heterocycles. The zero-order valence-corrected chi connectivity index (χ0v) is 9.31. The summed E-state index contributed by atoms with van der Waals surface area (Å²) in [6, 6.07) is 2.25. The number of pyridine rings is 1. The summed E-state index contributed by atoms with van der Waals surface area (Å²) in [6.07, 6.45) is 0.776. The maximum Gasteiger partial charge on any atom is 0.471 e. The van der Waals surface area contributed by atoms with Crippen molar-refractivity contribution in [3.05, 3.63) is 23.9 Å². The van der Waals surface area contributed by atoms with Gasteiger partial charge in [-0.3, -0.25) is 9.69 Å². The summed E-state index contributed by atoms with van der Waals surface area (Å²) >= 11 is 0. The van der Waals surface area contributed by atoms with Gasteiger partial charge in [0.05, 0.1) is 6.54 Å². The highest BCUT2D eigenvalue weighted by molar-refractivity contribution is 6.02. The number of halogens is 3. The highest BCUT2D eigenvalue weighted by Gasteiger charge is 2.44. The van der Waals surface area contributed by atoms with Crippen molar-refractivity contribution >= 4 is 17.7 Å². The predicted octanol–water partition coefficient (Wildman–Crippen LogP) is 1.31. The SMILES string of the molecule is C#CCN(C(=O)C(F)(F)F)c1ncccc1C(=O)O. The van der Waals surface area contributed by atoms with Crippen molar-refractivity contribution in [1.82, 2.24) is 4.98 Å². The molecule has 0 aliphatic rings. The minimum absolute atomic E-state index is 0.101. The lowest BCUT2D eigenvalue weighted by atomic mass is 10.2. The molecular formula is C11H7F3N2O3. The summed E-state index contributed by atoms with van der Waals surface area (Å²) in [5, 5.41) is 8.86. The highest BCUT2D eigenvalue weighted by atomic mass is 19.4. The summed E-state index contributed by atoms with van der Waals surface area (Å²) in [4.78, 5) is 25.7. The molecule has 0 radical (unpaired) electrons. The van der Waals surface area contributed by atoms with Crippen molar-refractivity contribution < 1.29 is 27.9 Å². The topological polar surface area (TPSA) is 70.5 Å². The molecular weight excluding hydrogens is 265 g/mol. The lowest BCUT2D eigenvalue weighted by molar-refractivity contribution is -0.170. The first kappa shape index (κ1) is 14.5. The van der Waals surface area contributed by atoms with E-state index < -0.39 is 36.0 Å². The summed E-state index contributed by atoms with van der Waals surface area (Å²) in [7, 11) is 0. The fraction of sp³-hybridized carbons (Fsp3) is 0.182. The number of carboxylic acids is 1. The Bertz CT molecular complexity index is 549. The molecule has 0 aliphatic carbocycles. The molecule has 1 aromatic rings. The summed E-state index contributed by atoms with van der Waals surface area (Å²) in [5.41, 5.74) is -0.546. The van der Waals surface area contributed by atoms with Gasteiger partial charge in [-0.1, -0.05) is 5.92 Å². The second kappa shape index (κ2) is 5.39. The lowest BCUT2D eigenvalue weighted by Gasteiger charge is -2.21. The van der Waals surface area contributed by atoms with Crippen LogP contribution in [0.25, 0.3) is 0 Å². The predicted molar refractivity (Wildman–Crippen MR) is 58.4 cm³/mol. The lowest BCUT2D eigenvalue weighted by Crippen LogP contribution is -2.42. The molecule has 1 rings (SSSR count). The first-order chi connectivity index (χ1) is 8.79. The molecule has 5 nitrogen and oxygen atoms in total. The molecule has 19 heavy (non-hydrogen) atoms. The Kier molecular flexibility index (Phi) is 4.11. The van der Waals surface area contributed by atoms with Crippen LogP contribution in [-0.2, 0) is 4.79 Å². The number of amides is 1. The van der Waals surface area contributed by atoms with E-state index in [9.17, 15) is 22.8 Å².